The zero-order valence-corrected chi connectivity index (χ0v) is 21.3. The van der Waals surface area contributed by atoms with Crippen LogP contribution in [-0.2, 0) is 5.60 Å². The molecule has 2 unspecified atom stereocenters. The summed E-state index contributed by atoms with van der Waals surface area (Å²) >= 11 is 3.56. The van der Waals surface area contributed by atoms with E-state index in [0.29, 0.717) is 25.3 Å². The molecule has 174 valence electrons. The van der Waals surface area contributed by atoms with Gasteiger partial charge in [0, 0.05) is 34.3 Å². The molecule has 1 aromatic heterocycles. The Labute approximate surface area is 209 Å². The lowest BCUT2D eigenvalue weighted by molar-refractivity contribution is -0.00520. The van der Waals surface area contributed by atoms with Crippen molar-refractivity contribution >= 4 is 37.6 Å². The van der Waals surface area contributed by atoms with Crippen LogP contribution in [0.3, 0.4) is 0 Å². The van der Waals surface area contributed by atoms with Crippen molar-refractivity contribution < 1.29 is 9.84 Å². The molecule has 0 amide bonds. The molecule has 4 aromatic rings. The van der Waals surface area contributed by atoms with E-state index in [2.05, 4.69) is 51.0 Å². The number of aliphatic hydroxyl groups is 1. The van der Waals surface area contributed by atoms with E-state index in [1.54, 1.807) is 7.11 Å². The van der Waals surface area contributed by atoms with Crippen LogP contribution in [0.2, 0.25) is 0 Å². The zero-order valence-electron chi connectivity index (χ0n) is 19.8. The molecule has 0 saturated heterocycles. The maximum atomic E-state index is 12.6. The number of hydrogen-bond acceptors (Lipinski definition) is 4. The molecular weight excluding hydrogens is 488 g/mol. The van der Waals surface area contributed by atoms with E-state index in [9.17, 15) is 5.11 Å². The van der Waals surface area contributed by atoms with Crippen LogP contribution in [0.25, 0.3) is 21.7 Å². The quantitative estimate of drug-likeness (QED) is 0.287. The number of ether oxygens (including phenoxy) is 1. The van der Waals surface area contributed by atoms with E-state index < -0.39 is 11.5 Å². The Morgan fingerprint density at radius 2 is 1.85 bits per heavy atom. The summed E-state index contributed by atoms with van der Waals surface area (Å²) in [6.45, 7) is 0.690. The highest BCUT2D eigenvalue weighted by molar-refractivity contribution is 9.10. The number of aromatic nitrogens is 1. The summed E-state index contributed by atoms with van der Waals surface area (Å²) in [5, 5.41) is 15.7. The van der Waals surface area contributed by atoms with E-state index in [1.165, 1.54) is 0 Å². The number of pyridine rings is 1. The second-order valence-corrected chi connectivity index (χ2v) is 9.80. The molecule has 4 nitrogen and oxygen atoms in total. The van der Waals surface area contributed by atoms with Gasteiger partial charge < -0.3 is 14.7 Å². The maximum Gasteiger partial charge on any atom is 0.217 e. The number of halogens is 1. The average Bonchev–Trinajstić information content (AvgIpc) is 2.84. The Morgan fingerprint density at radius 1 is 1.09 bits per heavy atom. The fraction of sp³-hybridized carbons (Fsp3) is 0.276. The molecule has 34 heavy (non-hydrogen) atoms. The highest BCUT2D eigenvalue weighted by Gasteiger charge is 2.41. The second kappa shape index (κ2) is 10.1. The fourth-order valence-electron chi connectivity index (χ4n) is 4.71. The zero-order chi connectivity index (χ0) is 24.3. The second-order valence-electron chi connectivity index (χ2n) is 8.89. The monoisotopic (exact) mass is 516 g/mol. The summed E-state index contributed by atoms with van der Waals surface area (Å²) in [5.41, 5.74) is 1.25. The number of nitrogens with zero attached hydrogens (tertiary/aromatic N) is 2. The average molecular weight is 517 g/mol. The number of rotatable bonds is 8. The van der Waals surface area contributed by atoms with Crippen LogP contribution >= 0.6 is 15.9 Å². The van der Waals surface area contributed by atoms with Crippen molar-refractivity contribution in [1.29, 1.82) is 0 Å². The topological polar surface area (TPSA) is 45.6 Å². The molecule has 0 bridgehead atoms. The van der Waals surface area contributed by atoms with Crippen LogP contribution < -0.4 is 4.74 Å². The Hall–Kier alpha value is -2.91. The minimum atomic E-state index is -1.24. The number of hydrogen-bond donors (Lipinski definition) is 1. The summed E-state index contributed by atoms with van der Waals surface area (Å²) in [5.74, 6) is 2.88. The van der Waals surface area contributed by atoms with Gasteiger partial charge >= 0.3 is 0 Å². The van der Waals surface area contributed by atoms with Gasteiger partial charge in [-0.05, 0) is 61.1 Å². The highest BCUT2D eigenvalue weighted by Crippen LogP contribution is 2.47. The molecule has 0 aliphatic heterocycles. The van der Waals surface area contributed by atoms with Crippen molar-refractivity contribution in [3.63, 3.8) is 0 Å². The molecule has 2 atom stereocenters. The van der Waals surface area contributed by atoms with Crippen LogP contribution in [0.1, 0.15) is 29.9 Å². The molecule has 1 N–H and O–H groups in total. The standard InChI is InChI=1S/C29H29BrN2O2/c1-5-9-25(24-19-21-18-22(30)14-15-27(21)31-28(24)34-4)29(33,16-17-32(2)3)26-13-8-11-20-10-6-7-12-23(20)26/h1,6-8,10-15,18-19,25,33H,9,16-17H2,2-4H3. The Bertz CT molecular complexity index is 1360. The van der Waals surface area contributed by atoms with E-state index in [4.69, 9.17) is 16.1 Å². The number of fused-ring (bicyclic) bond motifs is 2. The third-order valence-corrected chi connectivity index (χ3v) is 6.93. The van der Waals surface area contributed by atoms with E-state index in [0.717, 1.165) is 37.3 Å². The Kier molecular flexibility index (Phi) is 7.23. The first-order valence-electron chi connectivity index (χ1n) is 11.3. The molecular formula is C29H29BrN2O2. The van der Waals surface area contributed by atoms with Crippen molar-refractivity contribution in [3.05, 3.63) is 82.3 Å². The van der Waals surface area contributed by atoms with Gasteiger partial charge in [-0.15, -0.1) is 12.3 Å². The number of benzene rings is 3. The first kappa shape index (κ1) is 24.2. The third kappa shape index (κ3) is 4.67. The lowest BCUT2D eigenvalue weighted by Crippen LogP contribution is -2.37. The van der Waals surface area contributed by atoms with Gasteiger partial charge in [-0.1, -0.05) is 58.4 Å². The van der Waals surface area contributed by atoms with Crippen molar-refractivity contribution in [3.8, 4) is 18.2 Å². The van der Waals surface area contributed by atoms with E-state index in [1.807, 2.05) is 56.6 Å². The van der Waals surface area contributed by atoms with Gasteiger partial charge in [-0.2, -0.15) is 0 Å². The van der Waals surface area contributed by atoms with Gasteiger partial charge in [0.25, 0.3) is 0 Å². The summed E-state index contributed by atoms with van der Waals surface area (Å²) < 4.78 is 6.70. The summed E-state index contributed by atoms with van der Waals surface area (Å²) in [4.78, 5) is 6.85. The largest absolute Gasteiger partial charge is 0.481 e. The Morgan fingerprint density at radius 3 is 2.59 bits per heavy atom. The highest BCUT2D eigenvalue weighted by atomic mass is 79.9. The molecule has 0 aliphatic rings. The summed E-state index contributed by atoms with van der Waals surface area (Å²) in [7, 11) is 5.63. The minimum absolute atomic E-state index is 0.338. The van der Waals surface area contributed by atoms with Crippen molar-refractivity contribution in [1.82, 2.24) is 9.88 Å². The molecule has 4 rings (SSSR count). The molecule has 0 fully saturated rings. The van der Waals surface area contributed by atoms with E-state index >= 15 is 0 Å². The molecule has 0 radical (unpaired) electrons. The van der Waals surface area contributed by atoms with Crippen LogP contribution in [0, 0.1) is 12.3 Å². The van der Waals surface area contributed by atoms with Gasteiger partial charge in [0.15, 0.2) is 0 Å². The van der Waals surface area contributed by atoms with Crippen molar-refractivity contribution in [2.75, 3.05) is 27.7 Å². The van der Waals surface area contributed by atoms with Gasteiger partial charge in [-0.3, -0.25) is 0 Å². The number of terminal acetylenes is 1. The Balaban J connectivity index is 1.99. The normalized spacial score (nSPS) is 14.1. The smallest absolute Gasteiger partial charge is 0.217 e. The third-order valence-electron chi connectivity index (χ3n) is 6.43. The molecule has 3 aromatic carbocycles. The van der Waals surface area contributed by atoms with Gasteiger partial charge in [0.05, 0.1) is 18.2 Å². The molecule has 0 saturated carbocycles. The van der Waals surface area contributed by atoms with Crippen LogP contribution in [0.4, 0.5) is 0 Å². The minimum Gasteiger partial charge on any atom is -0.481 e. The molecule has 0 spiro atoms. The SMILES string of the molecule is C#CCC(c1cc2cc(Br)ccc2nc1OC)C(O)(CCN(C)C)c1cccc2ccccc12. The molecule has 1 heterocycles. The molecule has 0 aliphatic carbocycles. The van der Waals surface area contributed by atoms with Crippen molar-refractivity contribution in [2.24, 2.45) is 0 Å². The summed E-state index contributed by atoms with van der Waals surface area (Å²) in [6, 6.07) is 22.2. The first-order chi connectivity index (χ1) is 16.4. The predicted octanol–water partition coefficient (Wildman–Crippen LogP) is 6.11. The van der Waals surface area contributed by atoms with Crippen LogP contribution in [-0.4, -0.2) is 42.7 Å². The van der Waals surface area contributed by atoms with Gasteiger partial charge in [0.1, 0.15) is 0 Å². The lowest BCUT2D eigenvalue weighted by Gasteiger charge is -2.38. The van der Waals surface area contributed by atoms with Crippen molar-refractivity contribution in [2.45, 2.75) is 24.4 Å². The fourth-order valence-corrected chi connectivity index (χ4v) is 5.09. The first-order valence-corrected chi connectivity index (χ1v) is 12.1. The van der Waals surface area contributed by atoms with Crippen LogP contribution in [0.15, 0.2) is 71.2 Å². The summed E-state index contributed by atoms with van der Waals surface area (Å²) in [6.07, 6.45) is 6.74. The van der Waals surface area contributed by atoms with E-state index in [-0.39, 0.29) is 0 Å². The van der Waals surface area contributed by atoms with Gasteiger partial charge in [0.2, 0.25) is 5.88 Å². The van der Waals surface area contributed by atoms with Gasteiger partial charge in [-0.25, -0.2) is 4.98 Å². The lowest BCUT2D eigenvalue weighted by atomic mass is 9.72. The molecule has 5 heteroatoms. The number of methoxy groups -OCH3 is 1. The maximum absolute atomic E-state index is 12.6. The van der Waals surface area contributed by atoms with Crippen LogP contribution in [0.5, 0.6) is 5.88 Å². The predicted molar refractivity (Wildman–Crippen MR) is 143 cm³/mol.